The van der Waals surface area contributed by atoms with E-state index in [4.69, 9.17) is 0 Å². The molecule has 2 aromatic carbocycles. The van der Waals surface area contributed by atoms with E-state index in [2.05, 4.69) is 86.4 Å². The maximum Gasteiger partial charge on any atom is 0.0937 e. The summed E-state index contributed by atoms with van der Waals surface area (Å²) < 4.78 is 1.10. The number of pyridine rings is 2. The van der Waals surface area contributed by atoms with E-state index in [-0.39, 0.29) is 0 Å². The van der Waals surface area contributed by atoms with E-state index >= 15 is 0 Å². The Labute approximate surface area is 186 Å². The third-order valence-electron chi connectivity index (χ3n) is 5.51. The standard InChI is InChI=1S/C15H19N3.C10H8BrN/c1-12-5-6-13-4-2-8-17-14(13)15(12)18-10-3-7-16-9-11-18;1-7-4-5-8-3-2-6-12-10(8)9(7)11/h2,4-6,8,16H,3,7,9-11H2,1H3;2-6H,1H3. The molecule has 0 saturated carbocycles. The number of hydrogen-bond acceptors (Lipinski definition) is 4. The second-order valence-electron chi connectivity index (χ2n) is 7.67. The number of benzene rings is 2. The van der Waals surface area contributed by atoms with Crippen LogP contribution in [0.2, 0.25) is 0 Å². The molecule has 0 amide bonds. The number of rotatable bonds is 1. The van der Waals surface area contributed by atoms with Crippen molar-refractivity contribution in [2.24, 2.45) is 0 Å². The fraction of sp³-hybridized carbons (Fsp3) is 0.280. The van der Waals surface area contributed by atoms with Crippen LogP contribution in [0.5, 0.6) is 0 Å². The minimum absolute atomic E-state index is 1.04. The number of aryl methyl sites for hydroxylation is 2. The Hall–Kier alpha value is -2.50. The van der Waals surface area contributed by atoms with Crippen molar-refractivity contribution < 1.29 is 0 Å². The van der Waals surface area contributed by atoms with Crippen molar-refractivity contribution in [1.29, 1.82) is 0 Å². The Balaban J connectivity index is 0.000000158. The van der Waals surface area contributed by atoms with Gasteiger partial charge in [-0.2, -0.15) is 0 Å². The van der Waals surface area contributed by atoms with Crippen LogP contribution in [-0.4, -0.2) is 36.1 Å². The van der Waals surface area contributed by atoms with Gasteiger partial charge in [-0.25, -0.2) is 0 Å². The van der Waals surface area contributed by atoms with Crippen LogP contribution in [0, 0.1) is 13.8 Å². The Morgan fingerprint density at radius 2 is 1.47 bits per heavy atom. The van der Waals surface area contributed by atoms with Crippen LogP contribution in [0.4, 0.5) is 5.69 Å². The zero-order valence-corrected chi connectivity index (χ0v) is 19.1. The molecule has 1 saturated heterocycles. The summed E-state index contributed by atoms with van der Waals surface area (Å²) in [6.45, 7) is 8.61. The highest BCUT2D eigenvalue weighted by Crippen LogP contribution is 2.29. The van der Waals surface area contributed by atoms with Crippen LogP contribution in [-0.2, 0) is 0 Å². The lowest BCUT2D eigenvalue weighted by molar-refractivity contribution is 0.724. The fourth-order valence-electron chi connectivity index (χ4n) is 3.91. The molecule has 4 nitrogen and oxygen atoms in total. The van der Waals surface area contributed by atoms with Crippen molar-refractivity contribution >= 4 is 43.4 Å². The number of anilines is 1. The molecule has 1 aliphatic heterocycles. The smallest absolute Gasteiger partial charge is 0.0937 e. The van der Waals surface area contributed by atoms with Gasteiger partial charge in [0.15, 0.2) is 0 Å². The highest BCUT2D eigenvalue weighted by Gasteiger charge is 2.15. The van der Waals surface area contributed by atoms with E-state index in [1.54, 1.807) is 0 Å². The molecule has 0 spiro atoms. The van der Waals surface area contributed by atoms with E-state index in [0.717, 1.165) is 41.7 Å². The summed E-state index contributed by atoms with van der Waals surface area (Å²) in [6.07, 6.45) is 4.90. The Morgan fingerprint density at radius 3 is 2.23 bits per heavy atom. The van der Waals surface area contributed by atoms with E-state index in [1.165, 1.54) is 34.0 Å². The average Bonchev–Trinajstić information content (AvgIpc) is 3.06. The highest BCUT2D eigenvalue weighted by atomic mass is 79.9. The molecule has 0 aliphatic carbocycles. The van der Waals surface area contributed by atoms with E-state index in [0.29, 0.717) is 0 Å². The molecule has 1 N–H and O–H groups in total. The predicted molar refractivity (Wildman–Crippen MR) is 130 cm³/mol. The minimum atomic E-state index is 1.04. The Kier molecular flexibility index (Phi) is 6.60. The zero-order chi connectivity index (χ0) is 20.9. The molecule has 0 atom stereocenters. The van der Waals surface area contributed by atoms with E-state index in [9.17, 15) is 0 Å². The monoisotopic (exact) mass is 462 g/mol. The normalized spacial score (nSPS) is 14.3. The molecule has 0 bridgehead atoms. The number of nitrogens with zero attached hydrogens (tertiary/aromatic N) is 3. The van der Waals surface area contributed by atoms with E-state index < -0.39 is 0 Å². The number of nitrogens with one attached hydrogen (secondary N) is 1. The molecule has 154 valence electrons. The second kappa shape index (κ2) is 9.54. The van der Waals surface area contributed by atoms with Crippen molar-refractivity contribution in [2.75, 3.05) is 31.1 Å². The third-order valence-corrected chi connectivity index (χ3v) is 6.51. The minimum Gasteiger partial charge on any atom is -0.368 e. The number of aromatic nitrogens is 2. The van der Waals surface area contributed by atoms with Crippen LogP contribution in [0.25, 0.3) is 21.8 Å². The van der Waals surface area contributed by atoms with Crippen molar-refractivity contribution in [3.05, 3.63) is 76.5 Å². The molecule has 1 aliphatic rings. The van der Waals surface area contributed by atoms with Gasteiger partial charge in [0.2, 0.25) is 0 Å². The summed E-state index contributed by atoms with van der Waals surface area (Å²) in [5.74, 6) is 0. The van der Waals surface area contributed by atoms with Gasteiger partial charge in [0.1, 0.15) is 0 Å². The summed E-state index contributed by atoms with van der Waals surface area (Å²) in [5.41, 5.74) is 6.04. The average molecular weight is 463 g/mol. The lowest BCUT2D eigenvalue weighted by atomic mass is 10.1. The first-order chi connectivity index (χ1) is 14.6. The van der Waals surface area contributed by atoms with Gasteiger partial charge in [-0.15, -0.1) is 0 Å². The first kappa shape index (κ1) is 20.8. The Bertz CT molecular complexity index is 1150. The van der Waals surface area contributed by atoms with Crippen molar-refractivity contribution in [2.45, 2.75) is 20.3 Å². The Morgan fingerprint density at radius 1 is 0.800 bits per heavy atom. The largest absolute Gasteiger partial charge is 0.368 e. The summed E-state index contributed by atoms with van der Waals surface area (Å²) in [6, 6.07) is 16.7. The summed E-state index contributed by atoms with van der Waals surface area (Å²) >= 11 is 3.52. The van der Waals surface area contributed by atoms with Crippen LogP contribution in [0.15, 0.2) is 65.4 Å². The molecule has 4 aromatic rings. The first-order valence-corrected chi connectivity index (χ1v) is 11.2. The van der Waals surface area contributed by atoms with Crippen LogP contribution in [0.1, 0.15) is 17.5 Å². The van der Waals surface area contributed by atoms with Gasteiger partial charge in [0.25, 0.3) is 0 Å². The van der Waals surface area contributed by atoms with Crippen molar-refractivity contribution in [3.63, 3.8) is 0 Å². The third kappa shape index (κ3) is 4.47. The predicted octanol–water partition coefficient (Wildman–Crippen LogP) is 5.65. The van der Waals surface area contributed by atoms with Gasteiger partial charge >= 0.3 is 0 Å². The van der Waals surface area contributed by atoms with E-state index in [1.807, 2.05) is 24.5 Å². The highest BCUT2D eigenvalue weighted by molar-refractivity contribution is 9.10. The summed E-state index contributed by atoms with van der Waals surface area (Å²) in [4.78, 5) is 11.4. The van der Waals surface area contributed by atoms with Gasteiger partial charge in [0.05, 0.1) is 16.7 Å². The van der Waals surface area contributed by atoms with Crippen LogP contribution < -0.4 is 10.2 Å². The number of hydrogen-bond donors (Lipinski definition) is 1. The molecular formula is C25H27BrN4. The van der Waals surface area contributed by atoms with Gasteiger partial charge in [-0.3, -0.25) is 9.97 Å². The second-order valence-corrected chi connectivity index (χ2v) is 8.46. The summed E-state index contributed by atoms with van der Waals surface area (Å²) in [7, 11) is 0. The zero-order valence-electron chi connectivity index (χ0n) is 17.5. The fourth-order valence-corrected chi connectivity index (χ4v) is 4.37. The lowest BCUT2D eigenvalue weighted by Crippen LogP contribution is -2.28. The molecule has 0 radical (unpaired) electrons. The molecule has 0 unspecified atom stereocenters. The molecule has 5 heteroatoms. The van der Waals surface area contributed by atoms with Gasteiger partial charge in [-0.05, 0) is 66.0 Å². The van der Waals surface area contributed by atoms with Crippen LogP contribution >= 0.6 is 15.9 Å². The lowest BCUT2D eigenvalue weighted by Gasteiger charge is -2.25. The van der Waals surface area contributed by atoms with Gasteiger partial charge in [0, 0.05) is 47.3 Å². The SMILES string of the molecule is Cc1ccc2cccnc2c1Br.Cc1ccc2cccnc2c1N1CCCNCC1. The molecule has 30 heavy (non-hydrogen) atoms. The molecule has 2 aromatic heterocycles. The number of halogens is 1. The van der Waals surface area contributed by atoms with Crippen LogP contribution in [0.3, 0.4) is 0 Å². The molecular weight excluding hydrogens is 436 g/mol. The summed E-state index contributed by atoms with van der Waals surface area (Å²) in [5, 5.41) is 5.86. The maximum atomic E-state index is 4.59. The molecule has 3 heterocycles. The van der Waals surface area contributed by atoms with Gasteiger partial charge < -0.3 is 10.2 Å². The van der Waals surface area contributed by atoms with Gasteiger partial charge in [-0.1, -0.05) is 36.4 Å². The first-order valence-electron chi connectivity index (χ1n) is 10.4. The molecule has 5 rings (SSSR count). The molecule has 1 fully saturated rings. The van der Waals surface area contributed by atoms with Crippen molar-refractivity contribution in [1.82, 2.24) is 15.3 Å². The number of fused-ring (bicyclic) bond motifs is 2. The van der Waals surface area contributed by atoms with Crippen molar-refractivity contribution in [3.8, 4) is 0 Å². The maximum absolute atomic E-state index is 4.59. The topological polar surface area (TPSA) is 41.1 Å². The quantitative estimate of drug-likeness (QED) is 0.396.